The predicted molar refractivity (Wildman–Crippen MR) is 196 cm³/mol. The number of nitrogens with zero attached hydrogens (tertiary/aromatic N) is 2. The monoisotopic (exact) mass is 708 g/mol. The maximum absolute atomic E-state index is 17.8. The molecule has 1 aliphatic heterocycles. The van der Waals surface area contributed by atoms with Crippen molar-refractivity contribution in [3.05, 3.63) is 52.1 Å². The molecule has 0 amide bonds. The number of rotatable bonds is 10. The van der Waals surface area contributed by atoms with E-state index in [4.69, 9.17) is 22.8 Å². The summed E-state index contributed by atoms with van der Waals surface area (Å²) in [6, 6.07) is 7.46. The molecule has 2 aromatic rings. The summed E-state index contributed by atoms with van der Waals surface area (Å²) in [6.07, 6.45) is 0.261. The van der Waals surface area contributed by atoms with Gasteiger partial charge >= 0.3 is 5.69 Å². The highest BCUT2D eigenvalue weighted by Crippen LogP contribution is 2.51. The van der Waals surface area contributed by atoms with Crippen molar-refractivity contribution < 1.29 is 27.1 Å². The van der Waals surface area contributed by atoms with Gasteiger partial charge in [0.1, 0.15) is 12.4 Å². The standard InChI is InChI=1S/C35H61FN2O6Si3/c1-25-19-18-20-26(2)28(25)42-27-21-22-38(30(39)37-27)35(44-47(16,17)33(9,10)11)24-40-34(36,23-41-45(12,13)31(3,4)5)29(35)43-46(14,15)32(6,7)8/h18-22,29H,23-24H2,1-17H3/t29?,34-,35-/m1/s1. The largest absolute Gasteiger partial charge is 0.438 e. The fourth-order valence-corrected chi connectivity index (χ4v) is 8.44. The molecular formula is C35H61FN2O6Si3. The van der Waals surface area contributed by atoms with Gasteiger partial charge in [0.2, 0.25) is 5.88 Å². The molecule has 0 aliphatic carbocycles. The second-order valence-electron chi connectivity index (χ2n) is 17.8. The molecular weight excluding hydrogens is 648 g/mol. The minimum absolute atomic E-state index is 0.139. The van der Waals surface area contributed by atoms with Crippen LogP contribution in [0.25, 0.3) is 0 Å². The van der Waals surface area contributed by atoms with Gasteiger partial charge in [0.05, 0.1) is 6.61 Å². The molecule has 1 fully saturated rings. The lowest BCUT2D eigenvalue weighted by molar-refractivity contribution is -0.185. The van der Waals surface area contributed by atoms with Crippen molar-refractivity contribution in [2.45, 2.75) is 148 Å². The summed E-state index contributed by atoms with van der Waals surface area (Å²) in [6.45, 7) is 34.7. The van der Waals surface area contributed by atoms with Crippen LogP contribution in [0.2, 0.25) is 54.4 Å². The normalized spacial score (nSPS) is 23.3. The van der Waals surface area contributed by atoms with Gasteiger partial charge < -0.3 is 22.8 Å². The molecule has 3 rings (SSSR count). The molecule has 12 heteroatoms. The summed E-state index contributed by atoms with van der Waals surface area (Å²) >= 11 is 0. The number of ether oxygens (including phenoxy) is 2. The van der Waals surface area contributed by atoms with Gasteiger partial charge in [-0.3, -0.25) is 4.57 Å². The Kier molecular flexibility index (Phi) is 10.9. The van der Waals surface area contributed by atoms with E-state index in [1.54, 1.807) is 12.3 Å². The number of para-hydroxylation sites is 1. The topological polar surface area (TPSA) is 81.0 Å². The van der Waals surface area contributed by atoms with Crippen molar-refractivity contribution in [3.8, 4) is 11.6 Å². The lowest BCUT2D eigenvalue weighted by Crippen LogP contribution is -2.65. The van der Waals surface area contributed by atoms with Crippen LogP contribution in [0.4, 0.5) is 4.39 Å². The Bertz CT molecular complexity index is 1470. The molecule has 0 N–H and O–H groups in total. The highest BCUT2D eigenvalue weighted by atomic mass is 28.4. The van der Waals surface area contributed by atoms with Crippen molar-refractivity contribution in [1.82, 2.24) is 9.55 Å². The molecule has 1 aliphatic rings. The summed E-state index contributed by atoms with van der Waals surface area (Å²) in [5.74, 6) is -1.63. The van der Waals surface area contributed by atoms with Gasteiger partial charge in [0.15, 0.2) is 36.8 Å². The zero-order valence-electron chi connectivity index (χ0n) is 32.1. The van der Waals surface area contributed by atoms with Crippen LogP contribution in [0, 0.1) is 13.8 Å². The maximum Gasteiger partial charge on any atom is 0.353 e. The molecule has 2 heterocycles. The van der Waals surface area contributed by atoms with E-state index in [-0.39, 0.29) is 34.2 Å². The average Bonchev–Trinajstić information content (AvgIpc) is 3.14. The minimum Gasteiger partial charge on any atom is -0.438 e. The van der Waals surface area contributed by atoms with Crippen molar-refractivity contribution in [2.75, 3.05) is 13.2 Å². The average molecular weight is 709 g/mol. The van der Waals surface area contributed by atoms with Crippen LogP contribution in [0.5, 0.6) is 11.6 Å². The molecule has 0 radical (unpaired) electrons. The zero-order chi connectivity index (χ0) is 36.2. The second kappa shape index (κ2) is 12.9. The number of hydrogen-bond donors (Lipinski definition) is 0. The lowest BCUT2D eigenvalue weighted by atomic mass is 10.0. The van der Waals surface area contributed by atoms with Gasteiger partial charge in [-0.25, -0.2) is 9.18 Å². The first-order chi connectivity index (χ1) is 21.0. The molecule has 0 saturated carbocycles. The first-order valence-corrected chi connectivity index (χ1v) is 25.4. The van der Waals surface area contributed by atoms with E-state index in [2.05, 4.69) is 107 Å². The van der Waals surface area contributed by atoms with Crippen molar-refractivity contribution in [1.29, 1.82) is 0 Å². The SMILES string of the molecule is Cc1cccc(C)c1Oc1ccn([C@@]2(O[Si](C)(C)C(C)(C)C)CO[C@](F)(CO[Si](C)(C)C(C)(C)C)C2O[Si](C)(C)C(C)(C)C)c(=O)n1. The Morgan fingerprint density at radius 3 is 1.85 bits per heavy atom. The van der Waals surface area contributed by atoms with Gasteiger partial charge in [0, 0.05) is 12.3 Å². The summed E-state index contributed by atoms with van der Waals surface area (Å²) in [5.41, 5.74) is -0.463. The zero-order valence-corrected chi connectivity index (χ0v) is 35.1. The number of hydrogen-bond acceptors (Lipinski definition) is 7. The molecule has 0 spiro atoms. The molecule has 266 valence electrons. The van der Waals surface area contributed by atoms with Gasteiger partial charge in [-0.2, -0.15) is 4.98 Å². The third kappa shape index (κ3) is 8.05. The van der Waals surface area contributed by atoms with Crippen LogP contribution in [-0.2, 0) is 23.7 Å². The molecule has 1 aromatic heterocycles. The van der Waals surface area contributed by atoms with E-state index in [0.29, 0.717) is 5.75 Å². The minimum atomic E-state index is -2.71. The molecule has 3 atom stereocenters. The fourth-order valence-electron chi connectivity index (χ4n) is 4.70. The van der Waals surface area contributed by atoms with Crippen molar-refractivity contribution in [2.24, 2.45) is 0 Å². The second-order valence-corrected chi connectivity index (χ2v) is 32.1. The van der Waals surface area contributed by atoms with E-state index < -0.39 is 48.3 Å². The molecule has 1 unspecified atom stereocenters. The van der Waals surface area contributed by atoms with Crippen LogP contribution >= 0.6 is 0 Å². The number of aryl methyl sites for hydroxylation is 2. The number of alkyl halides is 1. The van der Waals surface area contributed by atoms with Crippen molar-refractivity contribution >= 4 is 25.0 Å². The summed E-state index contributed by atoms with van der Waals surface area (Å²) in [5, 5.41) is -0.701. The Morgan fingerprint density at radius 1 is 0.872 bits per heavy atom. The van der Waals surface area contributed by atoms with Gasteiger partial charge in [-0.15, -0.1) is 0 Å². The van der Waals surface area contributed by atoms with Gasteiger partial charge in [-0.1, -0.05) is 80.5 Å². The highest BCUT2D eigenvalue weighted by molar-refractivity contribution is 6.75. The third-order valence-electron chi connectivity index (χ3n) is 11.0. The smallest absolute Gasteiger partial charge is 0.353 e. The summed E-state index contributed by atoms with van der Waals surface area (Å²) in [4.78, 5) is 18.5. The first kappa shape index (κ1) is 39.8. The van der Waals surface area contributed by atoms with E-state index in [9.17, 15) is 4.79 Å². The fraction of sp³-hybridized carbons (Fsp3) is 0.714. The Labute approximate surface area is 286 Å². The molecule has 8 nitrogen and oxygen atoms in total. The maximum atomic E-state index is 17.8. The Balaban J connectivity index is 2.27. The third-order valence-corrected chi connectivity index (χ3v) is 24.4. The van der Waals surface area contributed by atoms with Gasteiger partial charge in [0.25, 0.3) is 5.85 Å². The number of halogens is 1. The Hall–Kier alpha value is -1.68. The van der Waals surface area contributed by atoms with E-state index >= 15 is 4.39 Å². The van der Waals surface area contributed by atoms with Crippen LogP contribution in [0.1, 0.15) is 73.4 Å². The predicted octanol–water partition coefficient (Wildman–Crippen LogP) is 9.44. The van der Waals surface area contributed by atoms with E-state index in [1.165, 1.54) is 4.57 Å². The molecule has 1 saturated heterocycles. The number of aromatic nitrogens is 2. The van der Waals surface area contributed by atoms with Crippen LogP contribution in [-0.4, -0.2) is 59.7 Å². The quantitative estimate of drug-likeness (QED) is 0.228. The molecule has 0 bridgehead atoms. The summed E-state index contributed by atoms with van der Waals surface area (Å²) < 4.78 is 52.2. The van der Waals surface area contributed by atoms with Crippen LogP contribution in [0.15, 0.2) is 35.3 Å². The van der Waals surface area contributed by atoms with Crippen molar-refractivity contribution in [3.63, 3.8) is 0 Å². The summed E-state index contributed by atoms with van der Waals surface area (Å²) in [7, 11) is -7.81. The Morgan fingerprint density at radius 2 is 1.38 bits per heavy atom. The van der Waals surface area contributed by atoms with E-state index in [1.807, 2.05) is 32.0 Å². The first-order valence-electron chi connectivity index (χ1n) is 16.7. The lowest BCUT2D eigenvalue weighted by Gasteiger charge is -2.49. The van der Waals surface area contributed by atoms with Crippen LogP contribution < -0.4 is 10.4 Å². The highest BCUT2D eigenvalue weighted by Gasteiger charge is 2.67. The molecule has 1 aromatic carbocycles. The van der Waals surface area contributed by atoms with Gasteiger partial charge in [-0.05, 0) is 79.4 Å². The van der Waals surface area contributed by atoms with E-state index in [0.717, 1.165) is 11.1 Å². The number of benzene rings is 1. The molecule has 47 heavy (non-hydrogen) atoms. The van der Waals surface area contributed by atoms with Crippen LogP contribution in [0.3, 0.4) is 0 Å².